The third-order valence-electron chi connectivity index (χ3n) is 4.98. The molecule has 1 amide bonds. The highest BCUT2D eigenvalue weighted by molar-refractivity contribution is 6.00. The Balaban J connectivity index is 1.75. The zero-order chi connectivity index (χ0) is 26.7. The van der Waals surface area contributed by atoms with Crippen molar-refractivity contribution in [3.05, 3.63) is 66.0 Å². The van der Waals surface area contributed by atoms with Crippen LogP contribution in [-0.2, 0) is 7.05 Å². The Morgan fingerprint density at radius 1 is 1.09 bits per heavy atom. The second-order valence-corrected chi connectivity index (χ2v) is 7.23. The van der Waals surface area contributed by atoms with Crippen LogP contribution in [0.15, 0.2) is 48.9 Å². The molecule has 11 heteroatoms. The minimum Gasteiger partial charge on any atom is -0.494 e. The molecule has 0 unspecified atom stereocenters. The number of nitrogens with one attached hydrogen (secondary N) is 3. The van der Waals surface area contributed by atoms with Gasteiger partial charge in [-0.05, 0) is 19.1 Å². The summed E-state index contributed by atoms with van der Waals surface area (Å²) in [5.74, 6) is -0.00363. The van der Waals surface area contributed by atoms with E-state index in [1.807, 2.05) is 18.3 Å². The van der Waals surface area contributed by atoms with Crippen LogP contribution in [0.4, 0.5) is 27.4 Å². The van der Waals surface area contributed by atoms with Gasteiger partial charge in [-0.15, -0.1) is 0 Å². The molecule has 174 valence electrons. The lowest BCUT2D eigenvalue weighted by molar-refractivity contribution is 0.0963. The molecule has 34 heavy (non-hydrogen) atoms. The number of para-hydroxylation sites is 1. The standard InChI is InChI=1S/C23H23FN8O2/c1-13-8-20(31-32(13)3)30-19-9-18(16(12-26-19)23(33)25-2)29-17-7-5-6-15(21(17)34-4)22-27-10-14(24)11-28-22/h5-12H,1-4H3,(H,25,33)(H2,26,29,30,31)/i2D3. The minimum atomic E-state index is -2.70. The maximum Gasteiger partial charge on any atom is 0.254 e. The van der Waals surface area contributed by atoms with Gasteiger partial charge in [0.2, 0.25) is 0 Å². The molecule has 0 aliphatic heterocycles. The average Bonchev–Trinajstić information content (AvgIpc) is 3.14. The van der Waals surface area contributed by atoms with E-state index < -0.39 is 18.7 Å². The van der Waals surface area contributed by atoms with Crippen molar-refractivity contribution in [2.75, 3.05) is 24.7 Å². The number of methoxy groups -OCH3 is 1. The second kappa shape index (κ2) is 9.53. The van der Waals surface area contributed by atoms with E-state index in [-0.39, 0.29) is 17.1 Å². The van der Waals surface area contributed by atoms with Crippen LogP contribution < -0.4 is 20.7 Å². The average molecular weight is 466 g/mol. The number of carbonyl (C=O) groups excluding carboxylic acids is 1. The van der Waals surface area contributed by atoms with E-state index in [4.69, 9.17) is 8.85 Å². The van der Waals surface area contributed by atoms with Gasteiger partial charge in [0.05, 0.1) is 42.0 Å². The van der Waals surface area contributed by atoms with Crippen LogP contribution in [0.25, 0.3) is 11.4 Å². The number of aryl methyl sites for hydroxylation is 2. The summed E-state index contributed by atoms with van der Waals surface area (Å²) in [6.07, 6.45) is 3.33. The number of benzene rings is 1. The third kappa shape index (κ3) is 4.63. The van der Waals surface area contributed by atoms with Crippen molar-refractivity contribution in [2.45, 2.75) is 6.92 Å². The van der Waals surface area contributed by atoms with Gasteiger partial charge in [-0.25, -0.2) is 19.3 Å². The largest absolute Gasteiger partial charge is 0.494 e. The molecular weight excluding hydrogens is 439 g/mol. The van der Waals surface area contributed by atoms with E-state index in [1.165, 1.54) is 13.3 Å². The molecule has 1 aromatic carbocycles. The molecule has 0 spiro atoms. The molecule has 0 bridgehead atoms. The normalized spacial score (nSPS) is 12.3. The van der Waals surface area contributed by atoms with Gasteiger partial charge >= 0.3 is 0 Å². The summed E-state index contributed by atoms with van der Waals surface area (Å²) >= 11 is 0. The van der Waals surface area contributed by atoms with Crippen LogP contribution in [0.3, 0.4) is 0 Å². The number of rotatable bonds is 7. The van der Waals surface area contributed by atoms with Gasteiger partial charge in [-0.2, -0.15) is 5.10 Å². The van der Waals surface area contributed by atoms with E-state index in [9.17, 15) is 9.18 Å². The van der Waals surface area contributed by atoms with Gasteiger partial charge < -0.3 is 20.7 Å². The molecule has 3 N–H and O–H groups in total. The fourth-order valence-electron chi connectivity index (χ4n) is 3.26. The van der Waals surface area contributed by atoms with Crippen molar-refractivity contribution in [1.82, 2.24) is 30.0 Å². The lowest BCUT2D eigenvalue weighted by Gasteiger charge is -2.17. The van der Waals surface area contributed by atoms with Crippen molar-refractivity contribution in [1.29, 1.82) is 0 Å². The van der Waals surface area contributed by atoms with Gasteiger partial charge in [-0.3, -0.25) is 9.48 Å². The highest BCUT2D eigenvalue weighted by Gasteiger charge is 2.18. The number of hydrogen-bond donors (Lipinski definition) is 3. The number of amides is 1. The lowest BCUT2D eigenvalue weighted by atomic mass is 10.1. The Labute approximate surface area is 199 Å². The number of carbonyl (C=O) groups is 1. The zero-order valence-corrected chi connectivity index (χ0v) is 18.5. The van der Waals surface area contributed by atoms with E-state index in [1.54, 1.807) is 36.0 Å². The summed E-state index contributed by atoms with van der Waals surface area (Å²) in [4.78, 5) is 25.1. The van der Waals surface area contributed by atoms with Gasteiger partial charge in [0.1, 0.15) is 5.82 Å². The first-order valence-corrected chi connectivity index (χ1v) is 10.1. The number of halogens is 1. The van der Waals surface area contributed by atoms with E-state index >= 15 is 0 Å². The monoisotopic (exact) mass is 465 g/mol. The molecule has 0 aliphatic rings. The zero-order valence-electron chi connectivity index (χ0n) is 21.5. The fraction of sp³-hybridized carbons (Fsp3) is 0.174. The van der Waals surface area contributed by atoms with E-state index in [0.717, 1.165) is 18.1 Å². The Hall–Kier alpha value is -4.54. The number of hydrogen-bond acceptors (Lipinski definition) is 8. The summed E-state index contributed by atoms with van der Waals surface area (Å²) in [6.45, 7) is -0.806. The SMILES string of the molecule is [2H]C([2H])([2H])NC(=O)c1cnc(Nc2cc(C)n(C)n2)cc1Nc1cccc(-c2ncc(F)cn2)c1OC. The highest BCUT2D eigenvalue weighted by atomic mass is 19.1. The van der Waals surface area contributed by atoms with Crippen LogP contribution in [0.5, 0.6) is 5.75 Å². The first-order chi connectivity index (χ1) is 17.5. The Bertz CT molecular complexity index is 1420. The molecule has 4 aromatic rings. The molecule has 0 saturated carbocycles. The molecule has 0 radical (unpaired) electrons. The molecule has 3 aromatic heterocycles. The Morgan fingerprint density at radius 2 is 1.88 bits per heavy atom. The lowest BCUT2D eigenvalue weighted by Crippen LogP contribution is -2.19. The first-order valence-electron chi connectivity index (χ1n) is 11.6. The number of nitrogens with zero attached hydrogens (tertiary/aromatic N) is 5. The van der Waals surface area contributed by atoms with Gasteiger partial charge in [0, 0.05) is 42.2 Å². The number of aromatic nitrogens is 5. The van der Waals surface area contributed by atoms with Crippen molar-refractivity contribution in [3.63, 3.8) is 0 Å². The van der Waals surface area contributed by atoms with Crippen molar-refractivity contribution >= 4 is 28.9 Å². The van der Waals surface area contributed by atoms with Crippen molar-refractivity contribution in [3.8, 4) is 17.1 Å². The third-order valence-corrected chi connectivity index (χ3v) is 4.98. The molecule has 0 atom stereocenters. The highest BCUT2D eigenvalue weighted by Crippen LogP contribution is 2.37. The topological polar surface area (TPSA) is 119 Å². The Morgan fingerprint density at radius 3 is 2.56 bits per heavy atom. The molecule has 0 aliphatic carbocycles. The minimum absolute atomic E-state index is 0.0237. The van der Waals surface area contributed by atoms with Crippen molar-refractivity contribution in [2.24, 2.45) is 7.05 Å². The predicted octanol–water partition coefficient (Wildman–Crippen LogP) is 3.58. The smallest absolute Gasteiger partial charge is 0.254 e. The summed E-state index contributed by atoms with van der Waals surface area (Å²) in [6, 6.07) is 8.44. The molecule has 0 saturated heterocycles. The van der Waals surface area contributed by atoms with Gasteiger partial charge in [0.25, 0.3) is 5.91 Å². The van der Waals surface area contributed by atoms with Crippen LogP contribution >= 0.6 is 0 Å². The van der Waals surface area contributed by atoms with Gasteiger partial charge in [-0.1, -0.05) is 6.07 Å². The summed E-state index contributed by atoms with van der Waals surface area (Å²) in [5, 5.41) is 12.5. The molecule has 0 fully saturated rings. The maximum absolute atomic E-state index is 13.3. The van der Waals surface area contributed by atoms with Crippen LogP contribution in [0, 0.1) is 12.7 Å². The van der Waals surface area contributed by atoms with Crippen molar-refractivity contribution < 1.29 is 18.0 Å². The predicted molar refractivity (Wildman–Crippen MR) is 126 cm³/mol. The summed E-state index contributed by atoms with van der Waals surface area (Å²) < 4.78 is 42.8. The Kier molecular flexibility index (Phi) is 5.32. The van der Waals surface area contributed by atoms with Crippen LogP contribution in [-0.4, -0.2) is 44.7 Å². The molecular formula is C23H23FN8O2. The number of pyridine rings is 1. The van der Waals surface area contributed by atoms with Gasteiger partial charge in [0.15, 0.2) is 23.2 Å². The first kappa shape index (κ1) is 19.0. The van der Waals surface area contributed by atoms with E-state index in [2.05, 4.69) is 30.7 Å². The van der Waals surface area contributed by atoms with E-state index in [0.29, 0.717) is 28.6 Å². The quantitative estimate of drug-likeness (QED) is 0.379. The molecule has 3 heterocycles. The second-order valence-electron chi connectivity index (χ2n) is 7.23. The fourth-order valence-corrected chi connectivity index (χ4v) is 3.26. The number of anilines is 4. The summed E-state index contributed by atoms with van der Waals surface area (Å²) in [7, 11) is 3.24. The van der Waals surface area contributed by atoms with Crippen LogP contribution in [0.1, 0.15) is 20.2 Å². The maximum atomic E-state index is 13.3. The number of ether oxygens (including phenoxy) is 1. The molecule has 10 nitrogen and oxygen atoms in total. The summed E-state index contributed by atoms with van der Waals surface area (Å²) in [5.41, 5.74) is 2.02. The molecule has 4 rings (SSSR count). The van der Waals surface area contributed by atoms with Crippen LogP contribution in [0.2, 0.25) is 0 Å².